The van der Waals surface area contributed by atoms with E-state index in [2.05, 4.69) is 25.1 Å². The Labute approximate surface area is 138 Å². The Hall–Kier alpha value is -1.89. The van der Waals surface area contributed by atoms with E-state index in [1.54, 1.807) is 17.3 Å². The number of urea groups is 1. The number of hydrogen-bond donors (Lipinski definition) is 1. The van der Waals surface area contributed by atoms with E-state index in [1.807, 2.05) is 19.9 Å². The number of carbonyl (C=O) groups excluding carboxylic acids is 1. The Morgan fingerprint density at radius 3 is 2.43 bits per heavy atom. The number of rotatable bonds is 7. The van der Waals surface area contributed by atoms with Crippen molar-refractivity contribution < 1.29 is 4.79 Å². The molecule has 128 valence electrons. The molecule has 1 aromatic rings. The average molecular weight is 320 g/mol. The van der Waals surface area contributed by atoms with E-state index in [0.29, 0.717) is 0 Å². The lowest BCUT2D eigenvalue weighted by Crippen LogP contribution is -2.47. The van der Waals surface area contributed by atoms with Gasteiger partial charge in [-0.05, 0) is 32.9 Å². The number of aromatic nitrogens is 2. The maximum atomic E-state index is 11.8. The summed E-state index contributed by atoms with van der Waals surface area (Å²) in [6.07, 6.45) is 4.55. The van der Waals surface area contributed by atoms with Gasteiger partial charge in [-0.15, -0.1) is 0 Å². The summed E-state index contributed by atoms with van der Waals surface area (Å²) in [4.78, 5) is 26.9. The molecule has 7 heteroatoms. The first-order valence-corrected chi connectivity index (χ1v) is 8.51. The van der Waals surface area contributed by atoms with Crippen LogP contribution in [0.3, 0.4) is 0 Å². The summed E-state index contributed by atoms with van der Waals surface area (Å²) in [7, 11) is 0. The highest BCUT2D eigenvalue weighted by Gasteiger charge is 2.18. The molecule has 1 aliphatic rings. The van der Waals surface area contributed by atoms with Crippen LogP contribution in [0, 0.1) is 0 Å². The lowest BCUT2D eigenvalue weighted by atomic mass is 10.3. The van der Waals surface area contributed by atoms with Gasteiger partial charge in [0.2, 0.25) is 5.95 Å². The monoisotopic (exact) mass is 320 g/mol. The van der Waals surface area contributed by atoms with Crippen molar-refractivity contribution in [3.05, 3.63) is 18.5 Å². The van der Waals surface area contributed by atoms with Crippen LogP contribution in [0.5, 0.6) is 0 Å². The average Bonchev–Trinajstić information content (AvgIpc) is 2.61. The highest BCUT2D eigenvalue weighted by molar-refractivity contribution is 5.73. The molecular weight excluding hydrogens is 292 g/mol. The lowest BCUT2D eigenvalue weighted by molar-refractivity contribution is 0.201. The molecule has 0 spiro atoms. The van der Waals surface area contributed by atoms with E-state index in [0.717, 1.165) is 64.7 Å². The standard InChI is InChI=1S/C16H28N6O/c1-3-21(4-2)16(23)19-9-6-10-20-11-13-22(14-12-20)15-17-7-5-8-18-15/h5,7-8H,3-4,6,9-14H2,1-2H3,(H,19,23). The molecule has 1 aromatic heterocycles. The van der Waals surface area contributed by atoms with E-state index in [9.17, 15) is 4.79 Å². The second kappa shape index (κ2) is 9.29. The number of carbonyl (C=O) groups is 1. The quantitative estimate of drug-likeness (QED) is 0.761. The second-order valence-electron chi connectivity index (χ2n) is 5.64. The van der Waals surface area contributed by atoms with Gasteiger partial charge in [-0.3, -0.25) is 4.90 Å². The van der Waals surface area contributed by atoms with Gasteiger partial charge in [0.25, 0.3) is 0 Å². The predicted molar refractivity (Wildman–Crippen MR) is 91.6 cm³/mol. The van der Waals surface area contributed by atoms with Gasteiger partial charge in [-0.1, -0.05) is 0 Å². The highest BCUT2D eigenvalue weighted by atomic mass is 16.2. The molecule has 7 nitrogen and oxygen atoms in total. The van der Waals surface area contributed by atoms with E-state index in [-0.39, 0.29) is 6.03 Å². The molecule has 0 aromatic carbocycles. The number of nitrogens with one attached hydrogen (secondary N) is 1. The molecular formula is C16H28N6O. The van der Waals surface area contributed by atoms with Crippen molar-refractivity contribution in [3.63, 3.8) is 0 Å². The van der Waals surface area contributed by atoms with Crippen molar-refractivity contribution in [2.45, 2.75) is 20.3 Å². The molecule has 2 amide bonds. The summed E-state index contributed by atoms with van der Waals surface area (Å²) < 4.78 is 0. The van der Waals surface area contributed by atoms with Crippen molar-refractivity contribution in [1.29, 1.82) is 0 Å². The van der Waals surface area contributed by atoms with E-state index in [1.165, 1.54) is 0 Å². The van der Waals surface area contributed by atoms with Gasteiger partial charge < -0.3 is 15.1 Å². The van der Waals surface area contributed by atoms with Gasteiger partial charge in [0.15, 0.2) is 0 Å². The summed E-state index contributed by atoms with van der Waals surface area (Å²) >= 11 is 0. The minimum atomic E-state index is 0.0426. The van der Waals surface area contributed by atoms with Crippen molar-refractivity contribution in [2.75, 3.05) is 57.3 Å². The van der Waals surface area contributed by atoms with E-state index >= 15 is 0 Å². The topological polar surface area (TPSA) is 64.6 Å². The number of hydrogen-bond acceptors (Lipinski definition) is 5. The summed E-state index contributed by atoms with van der Waals surface area (Å²) in [5.74, 6) is 0.818. The first-order valence-electron chi connectivity index (χ1n) is 8.51. The Morgan fingerprint density at radius 2 is 1.83 bits per heavy atom. The summed E-state index contributed by atoms with van der Waals surface area (Å²) in [5, 5.41) is 2.99. The number of amides is 2. The summed E-state index contributed by atoms with van der Waals surface area (Å²) in [5.41, 5.74) is 0. The summed E-state index contributed by atoms with van der Waals surface area (Å²) in [6, 6.07) is 1.88. The van der Waals surface area contributed by atoms with Crippen LogP contribution in [0.15, 0.2) is 18.5 Å². The molecule has 0 atom stereocenters. The molecule has 0 bridgehead atoms. The van der Waals surface area contributed by atoms with Crippen molar-refractivity contribution in [3.8, 4) is 0 Å². The highest BCUT2D eigenvalue weighted by Crippen LogP contribution is 2.09. The minimum Gasteiger partial charge on any atom is -0.338 e. The first-order chi connectivity index (χ1) is 11.2. The Bertz CT molecular complexity index is 457. The third-order valence-corrected chi connectivity index (χ3v) is 4.19. The third kappa shape index (κ3) is 5.35. The van der Waals surface area contributed by atoms with Crippen LogP contribution in [-0.4, -0.2) is 78.2 Å². The molecule has 1 N–H and O–H groups in total. The lowest BCUT2D eigenvalue weighted by Gasteiger charge is -2.34. The zero-order valence-corrected chi connectivity index (χ0v) is 14.2. The molecule has 1 saturated heterocycles. The maximum absolute atomic E-state index is 11.8. The van der Waals surface area contributed by atoms with Crippen molar-refractivity contribution >= 4 is 12.0 Å². The van der Waals surface area contributed by atoms with Crippen LogP contribution in [0.1, 0.15) is 20.3 Å². The van der Waals surface area contributed by atoms with Crippen LogP contribution in [-0.2, 0) is 0 Å². The molecule has 0 saturated carbocycles. The van der Waals surface area contributed by atoms with Gasteiger partial charge >= 0.3 is 6.03 Å². The Morgan fingerprint density at radius 1 is 1.17 bits per heavy atom. The van der Waals surface area contributed by atoms with Gasteiger partial charge in [0.1, 0.15) is 0 Å². The first kappa shape index (κ1) is 17.5. The molecule has 2 heterocycles. The molecule has 1 fully saturated rings. The minimum absolute atomic E-state index is 0.0426. The fraction of sp³-hybridized carbons (Fsp3) is 0.688. The molecule has 1 aliphatic heterocycles. The van der Waals surface area contributed by atoms with Crippen LogP contribution >= 0.6 is 0 Å². The largest absolute Gasteiger partial charge is 0.338 e. The molecule has 2 rings (SSSR count). The summed E-state index contributed by atoms with van der Waals surface area (Å²) in [6.45, 7) is 11.2. The smallest absolute Gasteiger partial charge is 0.317 e. The number of anilines is 1. The number of piperazine rings is 1. The molecule has 23 heavy (non-hydrogen) atoms. The van der Waals surface area contributed by atoms with Crippen LogP contribution in [0.25, 0.3) is 0 Å². The number of nitrogens with zero attached hydrogens (tertiary/aromatic N) is 5. The Kier molecular flexibility index (Phi) is 7.06. The van der Waals surface area contributed by atoms with Crippen LogP contribution in [0.2, 0.25) is 0 Å². The van der Waals surface area contributed by atoms with E-state index < -0.39 is 0 Å². The Balaban J connectivity index is 1.61. The van der Waals surface area contributed by atoms with Crippen LogP contribution in [0.4, 0.5) is 10.7 Å². The maximum Gasteiger partial charge on any atom is 0.317 e. The van der Waals surface area contributed by atoms with Gasteiger partial charge in [-0.2, -0.15) is 0 Å². The van der Waals surface area contributed by atoms with Gasteiger partial charge in [0, 0.05) is 58.2 Å². The SMILES string of the molecule is CCN(CC)C(=O)NCCCN1CCN(c2ncccn2)CC1. The molecule has 0 radical (unpaired) electrons. The van der Waals surface area contributed by atoms with Crippen molar-refractivity contribution in [1.82, 2.24) is 25.1 Å². The molecule has 0 unspecified atom stereocenters. The van der Waals surface area contributed by atoms with E-state index in [4.69, 9.17) is 0 Å². The molecule has 0 aliphatic carbocycles. The zero-order chi connectivity index (χ0) is 16.5. The second-order valence-corrected chi connectivity index (χ2v) is 5.64. The van der Waals surface area contributed by atoms with Gasteiger partial charge in [0.05, 0.1) is 0 Å². The van der Waals surface area contributed by atoms with Gasteiger partial charge in [-0.25, -0.2) is 14.8 Å². The zero-order valence-electron chi connectivity index (χ0n) is 14.2. The third-order valence-electron chi connectivity index (χ3n) is 4.19. The fourth-order valence-electron chi connectivity index (χ4n) is 2.75. The van der Waals surface area contributed by atoms with Crippen LogP contribution < -0.4 is 10.2 Å². The normalized spacial score (nSPS) is 15.5. The van der Waals surface area contributed by atoms with Crippen molar-refractivity contribution in [2.24, 2.45) is 0 Å². The predicted octanol–water partition coefficient (Wildman–Crippen LogP) is 1.04. The fourth-order valence-corrected chi connectivity index (χ4v) is 2.75.